The van der Waals surface area contributed by atoms with Gasteiger partial charge in [0.15, 0.2) is 0 Å². The van der Waals surface area contributed by atoms with Crippen LogP contribution in [0.3, 0.4) is 0 Å². The summed E-state index contributed by atoms with van der Waals surface area (Å²) in [7, 11) is 1.69. The van der Waals surface area contributed by atoms with E-state index in [0.29, 0.717) is 0 Å². The van der Waals surface area contributed by atoms with E-state index in [9.17, 15) is 5.11 Å². The summed E-state index contributed by atoms with van der Waals surface area (Å²) < 4.78 is 5.35. The number of unbranched alkanes of at least 4 members (excludes halogenated alkanes) is 4. The first-order valence-electron chi connectivity index (χ1n) is 7.43. The van der Waals surface area contributed by atoms with Gasteiger partial charge in [-0.05, 0) is 49.1 Å². The number of aliphatic hydroxyl groups excluding tert-OH is 1. The van der Waals surface area contributed by atoms with E-state index in [1.807, 2.05) is 26.0 Å². The molecule has 0 bridgehead atoms. The minimum Gasteiger partial charge on any atom is -0.496 e. The highest BCUT2D eigenvalue weighted by Crippen LogP contribution is 2.29. The van der Waals surface area contributed by atoms with E-state index >= 15 is 0 Å². The fraction of sp³-hybridized carbons (Fsp3) is 0.647. The molecule has 1 N–H and O–H groups in total. The summed E-state index contributed by atoms with van der Waals surface area (Å²) >= 11 is 0. The van der Waals surface area contributed by atoms with Gasteiger partial charge in [-0.15, -0.1) is 0 Å². The first-order valence-corrected chi connectivity index (χ1v) is 7.43. The zero-order chi connectivity index (χ0) is 14.3. The average Bonchev–Trinajstić information content (AvgIpc) is 2.38. The Morgan fingerprint density at radius 2 is 1.63 bits per heavy atom. The number of aryl methyl sites for hydroxylation is 2. The molecule has 0 amide bonds. The highest BCUT2D eigenvalue weighted by Gasteiger charge is 2.11. The Morgan fingerprint density at radius 3 is 2.16 bits per heavy atom. The van der Waals surface area contributed by atoms with Gasteiger partial charge in [0.1, 0.15) is 5.75 Å². The van der Waals surface area contributed by atoms with Crippen LogP contribution in [0, 0.1) is 13.8 Å². The van der Waals surface area contributed by atoms with Crippen molar-refractivity contribution in [2.24, 2.45) is 0 Å². The second-order valence-corrected chi connectivity index (χ2v) is 5.41. The predicted molar refractivity (Wildman–Crippen MR) is 80.8 cm³/mol. The highest BCUT2D eigenvalue weighted by atomic mass is 16.5. The SMILES string of the molecule is CCCCCCCC(O)c1cc(C)c(OC)c(C)c1. The van der Waals surface area contributed by atoms with Crippen molar-refractivity contribution >= 4 is 0 Å². The lowest BCUT2D eigenvalue weighted by Gasteiger charge is -2.15. The van der Waals surface area contributed by atoms with Crippen LogP contribution >= 0.6 is 0 Å². The number of hydrogen-bond donors (Lipinski definition) is 1. The van der Waals surface area contributed by atoms with E-state index in [1.54, 1.807) is 7.11 Å². The third-order valence-electron chi connectivity index (χ3n) is 3.65. The van der Waals surface area contributed by atoms with Gasteiger partial charge < -0.3 is 9.84 Å². The minimum absolute atomic E-state index is 0.343. The van der Waals surface area contributed by atoms with Gasteiger partial charge in [0, 0.05) is 0 Å². The summed E-state index contributed by atoms with van der Waals surface area (Å²) in [5.74, 6) is 0.930. The van der Waals surface area contributed by atoms with E-state index in [2.05, 4.69) is 6.92 Å². The topological polar surface area (TPSA) is 29.5 Å². The maximum absolute atomic E-state index is 10.2. The number of ether oxygens (including phenoxy) is 1. The summed E-state index contributed by atoms with van der Waals surface area (Å²) in [5, 5.41) is 10.2. The van der Waals surface area contributed by atoms with Crippen LogP contribution in [0.1, 0.15) is 68.2 Å². The van der Waals surface area contributed by atoms with E-state index in [0.717, 1.165) is 35.3 Å². The van der Waals surface area contributed by atoms with Crippen molar-refractivity contribution in [1.29, 1.82) is 0 Å². The van der Waals surface area contributed by atoms with Crippen LogP contribution in [0.2, 0.25) is 0 Å². The molecule has 0 saturated heterocycles. The van der Waals surface area contributed by atoms with E-state index in [-0.39, 0.29) is 6.10 Å². The molecule has 0 aliphatic heterocycles. The van der Waals surface area contributed by atoms with Gasteiger partial charge in [-0.3, -0.25) is 0 Å². The zero-order valence-electron chi connectivity index (χ0n) is 12.8. The van der Waals surface area contributed by atoms with Gasteiger partial charge in [-0.2, -0.15) is 0 Å². The molecule has 0 spiro atoms. The molecule has 0 saturated carbocycles. The zero-order valence-corrected chi connectivity index (χ0v) is 12.8. The van der Waals surface area contributed by atoms with Crippen LogP contribution in [0.25, 0.3) is 0 Å². The molecule has 1 rings (SSSR count). The summed E-state index contributed by atoms with van der Waals surface area (Å²) in [5.41, 5.74) is 3.22. The van der Waals surface area contributed by atoms with Crippen molar-refractivity contribution in [2.45, 2.75) is 65.4 Å². The van der Waals surface area contributed by atoms with Gasteiger partial charge in [0.05, 0.1) is 13.2 Å². The molecule has 1 atom stereocenters. The first kappa shape index (κ1) is 16.0. The van der Waals surface area contributed by atoms with Gasteiger partial charge in [-0.25, -0.2) is 0 Å². The van der Waals surface area contributed by atoms with Crippen LogP contribution in [0.15, 0.2) is 12.1 Å². The smallest absolute Gasteiger partial charge is 0.124 e. The van der Waals surface area contributed by atoms with E-state index < -0.39 is 0 Å². The molecule has 1 unspecified atom stereocenters. The fourth-order valence-electron chi connectivity index (χ4n) is 2.61. The molecule has 0 heterocycles. The van der Waals surface area contributed by atoms with Gasteiger partial charge in [0.2, 0.25) is 0 Å². The molecule has 0 aliphatic carbocycles. The summed E-state index contributed by atoms with van der Waals surface area (Å²) in [6, 6.07) is 4.09. The van der Waals surface area contributed by atoms with Crippen molar-refractivity contribution in [1.82, 2.24) is 0 Å². The molecule has 0 aliphatic rings. The third-order valence-corrected chi connectivity index (χ3v) is 3.65. The quantitative estimate of drug-likeness (QED) is 0.689. The monoisotopic (exact) mass is 264 g/mol. The maximum atomic E-state index is 10.2. The molecular formula is C17H28O2. The molecule has 2 nitrogen and oxygen atoms in total. The maximum Gasteiger partial charge on any atom is 0.124 e. The molecule has 19 heavy (non-hydrogen) atoms. The number of aliphatic hydroxyl groups is 1. The van der Waals surface area contributed by atoms with Crippen LogP contribution < -0.4 is 4.74 Å². The van der Waals surface area contributed by atoms with Crippen molar-refractivity contribution in [3.63, 3.8) is 0 Å². The molecule has 1 aromatic rings. The Morgan fingerprint density at radius 1 is 1.05 bits per heavy atom. The molecule has 108 valence electrons. The molecule has 0 radical (unpaired) electrons. The minimum atomic E-state index is -0.343. The summed E-state index contributed by atoms with van der Waals surface area (Å²) in [6.07, 6.45) is 6.68. The molecular weight excluding hydrogens is 236 g/mol. The Labute approximate surface area is 117 Å². The fourth-order valence-corrected chi connectivity index (χ4v) is 2.61. The Balaban J connectivity index is 2.55. The van der Waals surface area contributed by atoms with Crippen LogP contribution in [-0.2, 0) is 0 Å². The molecule has 1 aromatic carbocycles. The number of methoxy groups -OCH3 is 1. The van der Waals surface area contributed by atoms with Crippen molar-refractivity contribution in [2.75, 3.05) is 7.11 Å². The van der Waals surface area contributed by atoms with Crippen molar-refractivity contribution in [3.05, 3.63) is 28.8 Å². The van der Waals surface area contributed by atoms with Crippen LogP contribution in [0.4, 0.5) is 0 Å². The lowest BCUT2D eigenvalue weighted by molar-refractivity contribution is 0.163. The summed E-state index contributed by atoms with van der Waals surface area (Å²) in [6.45, 7) is 6.28. The van der Waals surface area contributed by atoms with Crippen molar-refractivity contribution in [3.8, 4) is 5.75 Å². The van der Waals surface area contributed by atoms with E-state index in [4.69, 9.17) is 4.74 Å². The van der Waals surface area contributed by atoms with E-state index in [1.165, 1.54) is 25.7 Å². The lowest BCUT2D eigenvalue weighted by Crippen LogP contribution is -2.01. The van der Waals surface area contributed by atoms with Gasteiger partial charge in [0.25, 0.3) is 0 Å². The van der Waals surface area contributed by atoms with Gasteiger partial charge >= 0.3 is 0 Å². The Hall–Kier alpha value is -1.02. The van der Waals surface area contributed by atoms with Gasteiger partial charge in [-0.1, -0.05) is 39.0 Å². The normalized spacial score (nSPS) is 12.5. The first-order chi connectivity index (χ1) is 9.10. The largest absolute Gasteiger partial charge is 0.496 e. The van der Waals surface area contributed by atoms with Crippen LogP contribution in [-0.4, -0.2) is 12.2 Å². The van der Waals surface area contributed by atoms with Crippen molar-refractivity contribution < 1.29 is 9.84 Å². The second kappa shape index (κ2) is 8.21. The Bertz CT molecular complexity index is 362. The predicted octanol–water partition coefficient (Wildman–Crippen LogP) is 4.71. The summed E-state index contributed by atoms with van der Waals surface area (Å²) in [4.78, 5) is 0. The third kappa shape index (κ3) is 4.87. The lowest BCUT2D eigenvalue weighted by atomic mass is 9.98. The molecule has 0 aromatic heterocycles. The number of rotatable bonds is 8. The Kier molecular flexibility index (Phi) is 6.93. The number of hydrogen-bond acceptors (Lipinski definition) is 2. The standard InChI is InChI=1S/C17H28O2/c1-5-6-7-8-9-10-16(18)15-11-13(2)17(19-4)14(3)12-15/h11-12,16,18H,5-10H2,1-4H3. The number of benzene rings is 1. The highest BCUT2D eigenvalue weighted by molar-refractivity contribution is 5.43. The average molecular weight is 264 g/mol. The molecule has 0 fully saturated rings. The second-order valence-electron chi connectivity index (χ2n) is 5.41. The molecule has 2 heteroatoms. The van der Waals surface area contributed by atoms with Crippen LogP contribution in [0.5, 0.6) is 5.75 Å².